The number of nitrogens with zero attached hydrogens (tertiary/aromatic N) is 3. The summed E-state index contributed by atoms with van der Waals surface area (Å²) < 4.78 is 0. The van der Waals surface area contributed by atoms with Gasteiger partial charge in [0.25, 0.3) is 0 Å². The number of piperidine rings is 1. The maximum Gasteiger partial charge on any atom is 0.238 e. The number of rotatable bonds is 6. The number of hydrogen-bond donors (Lipinski definition) is 1. The Morgan fingerprint density at radius 3 is 2.28 bits per heavy atom. The van der Waals surface area contributed by atoms with Gasteiger partial charge in [-0.25, -0.2) is 0 Å². The van der Waals surface area contributed by atoms with Gasteiger partial charge in [-0.1, -0.05) is 36.2 Å². The van der Waals surface area contributed by atoms with Crippen LogP contribution in [-0.2, 0) is 11.3 Å². The molecule has 0 aliphatic carbocycles. The van der Waals surface area contributed by atoms with Crippen molar-refractivity contribution in [2.75, 3.05) is 56.0 Å². The second-order valence-electron chi connectivity index (χ2n) is 8.78. The van der Waals surface area contributed by atoms with Crippen LogP contribution in [0, 0.1) is 6.92 Å². The molecule has 7 heteroatoms. The Morgan fingerprint density at radius 2 is 1.59 bits per heavy atom. The quantitative estimate of drug-likeness (QED) is 0.685. The Labute approximate surface area is 203 Å². The predicted molar refractivity (Wildman–Crippen MR) is 129 cm³/mol. The van der Waals surface area contributed by atoms with Gasteiger partial charge in [0.15, 0.2) is 0 Å². The number of carbonyl (C=O) groups excluding carboxylic acids is 1. The lowest BCUT2D eigenvalue weighted by Crippen LogP contribution is -3.00. The molecule has 2 aromatic carbocycles. The van der Waals surface area contributed by atoms with E-state index in [-0.39, 0.29) is 18.3 Å². The van der Waals surface area contributed by atoms with Gasteiger partial charge in [0.05, 0.1) is 6.54 Å². The van der Waals surface area contributed by atoms with Gasteiger partial charge in [-0.05, 0) is 68.2 Å². The number of likely N-dealkylation sites (tertiary alicyclic amines) is 1. The van der Waals surface area contributed by atoms with Crippen LogP contribution in [0.1, 0.15) is 30.4 Å². The van der Waals surface area contributed by atoms with Crippen molar-refractivity contribution in [3.8, 4) is 0 Å². The van der Waals surface area contributed by atoms with Gasteiger partial charge < -0.3 is 22.6 Å². The van der Waals surface area contributed by atoms with Gasteiger partial charge in [-0.3, -0.25) is 14.6 Å². The number of nitrogens with one attached hydrogen (secondary N) is 1. The second-order valence-corrected chi connectivity index (χ2v) is 9.21. The first-order valence-corrected chi connectivity index (χ1v) is 11.8. The molecule has 0 spiro atoms. The molecule has 2 heterocycles. The molecule has 2 saturated heterocycles. The van der Waals surface area contributed by atoms with Crippen molar-refractivity contribution in [3.05, 3.63) is 58.6 Å². The maximum atomic E-state index is 12.5. The monoisotopic (exact) mass is 475 g/mol. The lowest BCUT2D eigenvalue weighted by molar-refractivity contribution is -0.117. The van der Waals surface area contributed by atoms with Crippen LogP contribution in [0.5, 0.6) is 0 Å². The van der Waals surface area contributed by atoms with Gasteiger partial charge in [0.2, 0.25) is 5.91 Å². The van der Waals surface area contributed by atoms with Crippen LogP contribution in [-0.4, -0.2) is 61.5 Å². The molecular formula is C25H33Cl2N4O-. The normalized spacial score (nSPS) is 17.6. The summed E-state index contributed by atoms with van der Waals surface area (Å²) in [6.07, 6.45) is 3.97. The number of anilines is 2. The highest BCUT2D eigenvalue weighted by Gasteiger charge is 2.20. The topological polar surface area (TPSA) is 38.8 Å². The molecule has 0 atom stereocenters. The van der Waals surface area contributed by atoms with E-state index in [2.05, 4.69) is 45.1 Å². The first-order valence-electron chi connectivity index (χ1n) is 11.4. The van der Waals surface area contributed by atoms with Crippen molar-refractivity contribution in [2.24, 2.45) is 0 Å². The highest BCUT2D eigenvalue weighted by atomic mass is 35.5. The summed E-state index contributed by atoms with van der Waals surface area (Å²) in [7, 11) is 0. The molecular weight excluding hydrogens is 443 g/mol. The van der Waals surface area contributed by atoms with Crippen LogP contribution in [0.25, 0.3) is 0 Å². The third kappa shape index (κ3) is 6.85. The average molecular weight is 476 g/mol. The summed E-state index contributed by atoms with van der Waals surface area (Å²) in [6, 6.07) is 14.4. The molecule has 1 N–H and O–H groups in total. The van der Waals surface area contributed by atoms with Crippen molar-refractivity contribution in [2.45, 2.75) is 32.7 Å². The van der Waals surface area contributed by atoms with Gasteiger partial charge in [0.1, 0.15) is 0 Å². The van der Waals surface area contributed by atoms with E-state index in [4.69, 9.17) is 11.6 Å². The number of aryl methyl sites for hydroxylation is 1. The lowest BCUT2D eigenvalue weighted by atomic mass is 10.1. The van der Waals surface area contributed by atoms with Gasteiger partial charge >= 0.3 is 0 Å². The number of piperazine rings is 1. The Kier molecular flexibility index (Phi) is 9.23. The van der Waals surface area contributed by atoms with Crippen LogP contribution in [0.3, 0.4) is 0 Å². The summed E-state index contributed by atoms with van der Waals surface area (Å²) >= 11 is 6.18. The molecule has 2 aliphatic rings. The van der Waals surface area contributed by atoms with Crippen molar-refractivity contribution in [1.82, 2.24) is 9.80 Å². The number of amides is 1. The molecule has 0 saturated carbocycles. The molecule has 4 rings (SSSR count). The summed E-state index contributed by atoms with van der Waals surface area (Å²) in [5.41, 5.74) is 4.62. The summed E-state index contributed by atoms with van der Waals surface area (Å²) in [4.78, 5) is 19.6. The van der Waals surface area contributed by atoms with E-state index in [0.717, 1.165) is 43.4 Å². The SMILES string of the molecule is Cc1ccc(Cl)cc1N1CCN(CC(=O)Nc2ccc(CN3CCCCC3)cc2)CC1.[Cl-]. The maximum absolute atomic E-state index is 12.5. The van der Waals surface area contributed by atoms with Crippen LogP contribution in [0.15, 0.2) is 42.5 Å². The van der Waals surface area contributed by atoms with Crippen molar-refractivity contribution >= 4 is 28.9 Å². The second kappa shape index (κ2) is 11.9. The van der Waals surface area contributed by atoms with Crippen molar-refractivity contribution < 1.29 is 17.2 Å². The number of benzene rings is 2. The van der Waals surface area contributed by atoms with Crippen LogP contribution in [0.4, 0.5) is 11.4 Å². The third-order valence-corrected chi connectivity index (χ3v) is 6.58. The Bertz CT molecular complexity index is 876. The molecule has 2 fully saturated rings. The smallest absolute Gasteiger partial charge is 0.238 e. The van der Waals surface area contributed by atoms with E-state index in [9.17, 15) is 4.79 Å². The zero-order chi connectivity index (χ0) is 21.6. The fourth-order valence-electron chi connectivity index (χ4n) is 4.54. The van der Waals surface area contributed by atoms with E-state index in [1.807, 2.05) is 24.3 Å². The molecule has 174 valence electrons. The molecule has 32 heavy (non-hydrogen) atoms. The summed E-state index contributed by atoms with van der Waals surface area (Å²) in [6.45, 7) is 9.48. The molecule has 0 radical (unpaired) electrons. The van der Waals surface area contributed by atoms with Gasteiger partial charge in [-0.2, -0.15) is 0 Å². The zero-order valence-corrected chi connectivity index (χ0v) is 20.3. The minimum Gasteiger partial charge on any atom is -1.00 e. The summed E-state index contributed by atoms with van der Waals surface area (Å²) in [5, 5.41) is 3.82. The minimum atomic E-state index is 0. The Hall–Kier alpha value is -1.79. The Balaban J connectivity index is 0.00000289. The summed E-state index contributed by atoms with van der Waals surface area (Å²) in [5.74, 6) is 0.0520. The molecule has 0 unspecified atom stereocenters. The van der Waals surface area contributed by atoms with Crippen LogP contribution >= 0.6 is 11.6 Å². The van der Waals surface area contributed by atoms with E-state index < -0.39 is 0 Å². The van der Waals surface area contributed by atoms with E-state index in [0.29, 0.717) is 6.54 Å². The largest absolute Gasteiger partial charge is 1.00 e. The lowest BCUT2D eigenvalue weighted by Gasteiger charge is -2.36. The first kappa shape index (κ1) is 24.8. The molecule has 5 nitrogen and oxygen atoms in total. The molecule has 1 amide bonds. The number of halogens is 2. The zero-order valence-electron chi connectivity index (χ0n) is 18.8. The Morgan fingerprint density at radius 1 is 0.906 bits per heavy atom. The average Bonchev–Trinajstić information content (AvgIpc) is 2.78. The van der Waals surface area contributed by atoms with E-state index >= 15 is 0 Å². The van der Waals surface area contributed by atoms with Gasteiger partial charge in [-0.15, -0.1) is 0 Å². The molecule has 2 aliphatic heterocycles. The van der Waals surface area contributed by atoms with E-state index in [1.54, 1.807) is 0 Å². The fourth-order valence-corrected chi connectivity index (χ4v) is 4.71. The number of hydrogen-bond acceptors (Lipinski definition) is 4. The van der Waals surface area contributed by atoms with Crippen LogP contribution < -0.4 is 22.6 Å². The molecule has 0 aromatic heterocycles. The third-order valence-electron chi connectivity index (χ3n) is 6.34. The van der Waals surface area contributed by atoms with Gasteiger partial charge in [0, 0.05) is 49.1 Å². The molecule has 2 aromatic rings. The van der Waals surface area contributed by atoms with Crippen LogP contribution in [0.2, 0.25) is 5.02 Å². The van der Waals surface area contributed by atoms with Crippen molar-refractivity contribution in [1.29, 1.82) is 0 Å². The standard InChI is InChI=1S/C25H33ClN4O.ClH/c1-20-5-8-22(26)17-24(20)30-15-13-29(14-16-30)19-25(31)27-23-9-6-21(7-10-23)18-28-11-3-2-4-12-28;/h5-10,17H,2-4,11-16,18-19H2,1H3,(H,27,31);1H/p-1. The van der Waals surface area contributed by atoms with Crippen molar-refractivity contribution in [3.63, 3.8) is 0 Å². The minimum absolute atomic E-state index is 0. The van der Waals surface area contributed by atoms with E-state index in [1.165, 1.54) is 49.2 Å². The first-order chi connectivity index (χ1) is 15.1. The predicted octanol–water partition coefficient (Wildman–Crippen LogP) is 1.40. The molecule has 0 bridgehead atoms. The number of carbonyl (C=O) groups is 1. The fraction of sp³-hybridized carbons (Fsp3) is 0.480. The highest BCUT2D eigenvalue weighted by molar-refractivity contribution is 6.30. The highest BCUT2D eigenvalue weighted by Crippen LogP contribution is 2.25.